The van der Waals surface area contributed by atoms with Gasteiger partial charge in [0.1, 0.15) is 5.75 Å². The van der Waals surface area contributed by atoms with E-state index in [9.17, 15) is 13.2 Å². The molecule has 1 amide bonds. The predicted octanol–water partition coefficient (Wildman–Crippen LogP) is 2.27. The molecule has 0 aromatic heterocycles. The summed E-state index contributed by atoms with van der Waals surface area (Å²) in [5, 5.41) is 3.21. The van der Waals surface area contributed by atoms with E-state index in [1.54, 1.807) is 17.0 Å². The molecule has 0 unspecified atom stereocenters. The molecule has 1 aliphatic rings. The van der Waals surface area contributed by atoms with Crippen molar-refractivity contribution in [3.05, 3.63) is 59.7 Å². The summed E-state index contributed by atoms with van der Waals surface area (Å²) in [6.45, 7) is 6.93. The van der Waals surface area contributed by atoms with Crippen molar-refractivity contribution in [2.24, 2.45) is 0 Å². The quantitative estimate of drug-likeness (QED) is 0.641. The van der Waals surface area contributed by atoms with Crippen LogP contribution < -0.4 is 10.1 Å². The van der Waals surface area contributed by atoms with Gasteiger partial charge >= 0.3 is 0 Å². The Morgan fingerprint density at radius 3 is 2.42 bits per heavy atom. The van der Waals surface area contributed by atoms with Crippen LogP contribution >= 0.6 is 0 Å². The summed E-state index contributed by atoms with van der Waals surface area (Å²) in [5.74, 6) is 0.495. The zero-order valence-corrected chi connectivity index (χ0v) is 19.0. The fourth-order valence-electron chi connectivity index (χ4n) is 3.54. The zero-order valence-electron chi connectivity index (χ0n) is 18.2. The summed E-state index contributed by atoms with van der Waals surface area (Å²) in [4.78, 5) is 14.8. The summed E-state index contributed by atoms with van der Waals surface area (Å²) in [5.41, 5.74) is 1.83. The van der Waals surface area contributed by atoms with Gasteiger partial charge in [0.25, 0.3) is 0 Å². The molecule has 1 heterocycles. The molecule has 168 valence electrons. The van der Waals surface area contributed by atoms with Crippen LogP contribution in [0.3, 0.4) is 0 Å². The van der Waals surface area contributed by atoms with Crippen molar-refractivity contribution in [3.8, 4) is 5.75 Å². The van der Waals surface area contributed by atoms with Crippen LogP contribution in [0.15, 0.2) is 53.4 Å². The van der Waals surface area contributed by atoms with Crippen molar-refractivity contribution in [3.63, 3.8) is 0 Å². The molecule has 31 heavy (non-hydrogen) atoms. The van der Waals surface area contributed by atoms with Gasteiger partial charge < -0.3 is 15.0 Å². The Morgan fingerprint density at radius 2 is 1.77 bits per heavy atom. The molecule has 2 aromatic rings. The monoisotopic (exact) mass is 445 g/mol. The van der Waals surface area contributed by atoms with Crippen molar-refractivity contribution < 1.29 is 17.9 Å². The average Bonchev–Trinajstić information content (AvgIpc) is 2.79. The van der Waals surface area contributed by atoms with Crippen molar-refractivity contribution in [1.29, 1.82) is 0 Å². The van der Waals surface area contributed by atoms with Gasteiger partial charge in [-0.1, -0.05) is 31.2 Å². The molecule has 7 nitrogen and oxygen atoms in total. The van der Waals surface area contributed by atoms with Crippen LogP contribution in [0.1, 0.15) is 25.0 Å². The van der Waals surface area contributed by atoms with E-state index in [4.69, 9.17) is 4.74 Å². The van der Waals surface area contributed by atoms with Crippen molar-refractivity contribution in [1.82, 2.24) is 14.5 Å². The maximum Gasteiger partial charge on any atom is 0.243 e. The number of rotatable bonds is 9. The van der Waals surface area contributed by atoms with E-state index in [-0.39, 0.29) is 23.9 Å². The van der Waals surface area contributed by atoms with Crippen LogP contribution in [-0.4, -0.2) is 62.9 Å². The van der Waals surface area contributed by atoms with Gasteiger partial charge in [-0.15, -0.1) is 0 Å². The van der Waals surface area contributed by atoms with E-state index in [0.29, 0.717) is 38.5 Å². The first kappa shape index (κ1) is 23.2. The highest BCUT2D eigenvalue weighted by atomic mass is 32.2. The highest BCUT2D eigenvalue weighted by Gasteiger charge is 2.29. The molecule has 1 N–H and O–H groups in total. The van der Waals surface area contributed by atoms with Crippen LogP contribution in [0.4, 0.5) is 0 Å². The highest BCUT2D eigenvalue weighted by molar-refractivity contribution is 7.89. The Bertz CT molecular complexity index is 971. The Morgan fingerprint density at radius 1 is 1.06 bits per heavy atom. The summed E-state index contributed by atoms with van der Waals surface area (Å²) < 4.78 is 33.8. The van der Waals surface area contributed by atoms with Crippen LogP contribution in [0.5, 0.6) is 5.75 Å². The van der Waals surface area contributed by atoms with Gasteiger partial charge in [-0.05, 0) is 48.7 Å². The molecule has 8 heteroatoms. The second-order valence-corrected chi connectivity index (χ2v) is 9.42. The SMILES string of the molecule is CCOc1cccc(CN(CC(=O)N2CCNCC2)S(=O)(=O)c2ccc(CC)cc2)c1. The fourth-order valence-corrected chi connectivity index (χ4v) is 4.92. The number of piperazine rings is 1. The summed E-state index contributed by atoms with van der Waals surface area (Å²) in [7, 11) is -3.85. The Kier molecular flexibility index (Phi) is 8.06. The van der Waals surface area contributed by atoms with Gasteiger partial charge in [0, 0.05) is 32.7 Å². The number of nitrogens with one attached hydrogen (secondary N) is 1. The Hall–Kier alpha value is -2.42. The number of aryl methyl sites for hydroxylation is 1. The van der Waals surface area contributed by atoms with E-state index < -0.39 is 10.0 Å². The third-order valence-corrected chi connectivity index (χ3v) is 7.12. The molecule has 0 saturated carbocycles. The largest absolute Gasteiger partial charge is 0.494 e. The molecule has 1 aliphatic heterocycles. The minimum absolute atomic E-state index is 0.0939. The van der Waals surface area contributed by atoms with Gasteiger partial charge in [-0.3, -0.25) is 4.79 Å². The standard InChI is InChI=1S/C23H31N3O4S/c1-3-19-8-10-22(11-9-19)31(28,29)26(18-23(27)25-14-12-24-13-15-25)17-20-6-5-7-21(16-20)30-4-2/h5-11,16,24H,3-4,12-15,17-18H2,1-2H3. The number of benzene rings is 2. The molecule has 0 radical (unpaired) electrons. The number of hydrogen-bond acceptors (Lipinski definition) is 5. The smallest absolute Gasteiger partial charge is 0.243 e. The summed E-state index contributed by atoms with van der Waals surface area (Å²) in [6, 6.07) is 14.2. The van der Waals surface area contributed by atoms with Crippen molar-refractivity contribution >= 4 is 15.9 Å². The fraction of sp³-hybridized carbons (Fsp3) is 0.435. The Balaban J connectivity index is 1.88. The van der Waals surface area contributed by atoms with Gasteiger partial charge in [-0.2, -0.15) is 4.31 Å². The number of sulfonamides is 1. The predicted molar refractivity (Wildman–Crippen MR) is 120 cm³/mol. The molecule has 0 aliphatic carbocycles. The third kappa shape index (κ3) is 6.06. The van der Waals surface area contributed by atoms with E-state index in [1.807, 2.05) is 50.2 Å². The van der Waals surface area contributed by atoms with Crippen molar-refractivity contribution in [2.75, 3.05) is 39.3 Å². The van der Waals surface area contributed by atoms with E-state index >= 15 is 0 Å². The normalized spacial score (nSPS) is 14.6. The number of carbonyl (C=O) groups is 1. The third-order valence-electron chi connectivity index (χ3n) is 5.32. The molecule has 0 atom stereocenters. The highest BCUT2D eigenvalue weighted by Crippen LogP contribution is 2.22. The summed E-state index contributed by atoms with van der Waals surface area (Å²) >= 11 is 0. The average molecular weight is 446 g/mol. The van der Waals surface area contributed by atoms with Crippen molar-refractivity contribution in [2.45, 2.75) is 31.7 Å². The number of carbonyl (C=O) groups excluding carboxylic acids is 1. The van der Waals surface area contributed by atoms with Crippen LogP contribution in [-0.2, 0) is 27.8 Å². The minimum atomic E-state index is -3.85. The molecule has 3 rings (SSSR count). The number of amides is 1. The lowest BCUT2D eigenvalue weighted by atomic mass is 10.2. The molecular formula is C23H31N3O4S. The van der Waals surface area contributed by atoms with Crippen LogP contribution in [0, 0.1) is 0 Å². The Labute approximate surface area is 185 Å². The van der Waals surface area contributed by atoms with Crippen LogP contribution in [0.2, 0.25) is 0 Å². The number of ether oxygens (including phenoxy) is 1. The second-order valence-electron chi connectivity index (χ2n) is 7.48. The first-order chi connectivity index (χ1) is 14.9. The first-order valence-corrected chi connectivity index (χ1v) is 12.2. The molecule has 0 bridgehead atoms. The first-order valence-electron chi connectivity index (χ1n) is 10.7. The molecule has 2 aromatic carbocycles. The van der Waals surface area contributed by atoms with Crippen LogP contribution in [0.25, 0.3) is 0 Å². The van der Waals surface area contributed by atoms with E-state index in [2.05, 4.69) is 5.32 Å². The van der Waals surface area contributed by atoms with E-state index in [0.717, 1.165) is 17.5 Å². The lowest BCUT2D eigenvalue weighted by Gasteiger charge is -2.30. The minimum Gasteiger partial charge on any atom is -0.494 e. The topological polar surface area (TPSA) is 79.0 Å². The van der Waals surface area contributed by atoms with Gasteiger partial charge in [-0.25, -0.2) is 8.42 Å². The number of nitrogens with zero attached hydrogens (tertiary/aromatic N) is 2. The maximum atomic E-state index is 13.5. The second kappa shape index (κ2) is 10.7. The zero-order chi connectivity index (χ0) is 22.3. The lowest BCUT2D eigenvalue weighted by Crippen LogP contribution is -2.50. The lowest BCUT2D eigenvalue weighted by molar-refractivity contribution is -0.132. The number of hydrogen-bond donors (Lipinski definition) is 1. The molecule has 0 spiro atoms. The van der Waals surface area contributed by atoms with E-state index in [1.165, 1.54) is 4.31 Å². The van der Waals surface area contributed by atoms with Gasteiger partial charge in [0.05, 0.1) is 18.0 Å². The maximum absolute atomic E-state index is 13.5. The molecular weight excluding hydrogens is 414 g/mol. The van der Waals surface area contributed by atoms with Gasteiger partial charge in [0.15, 0.2) is 0 Å². The molecule has 1 fully saturated rings. The summed E-state index contributed by atoms with van der Waals surface area (Å²) in [6.07, 6.45) is 0.829. The van der Waals surface area contributed by atoms with Gasteiger partial charge in [0.2, 0.25) is 15.9 Å². The molecule has 1 saturated heterocycles.